The minimum atomic E-state index is -4.12. The first-order chi connectivity index (χ1) is 17.3. The topological polar surface area (TPSA) is 106 Å². The van der Waals surface area contributed by atoms with Crippen molar-refractivity contribution in [2.45, 2.75) is 26.3 Å². The highest BCUT2D eigenvalue weighted by molar-refractivity contribution is 7.96. The largest absolute Gasteiger partial charge is 0.494 e. The maximum absolute atomic E-state index is 14.3. The average Bonchev–Trinajstić information content (AvgIpc) is 2.86. The van der Waals surface area contributed by atoms with Gasteiger partial charge in [0.05, 0.1) is 24.8 Å². The summed E-state index contributed by atoms with van der Waals surface area (Å²) in [5, 5.41) is 10.00. The Morgan fingerprint density at radius 3 is 2.53 bits per heavy atom. The number of allylic oxidation sites excluding steroid dienone is 2. The molecule has 1 atom stereocenters. The highest BCUT2D eigenvalue weighted by Gasteiger charge is 2.47. The van der Waals surface area contributed by atoms with Gasteiger partial charge in [0.25, 0.3) is 10.0 Å². The fraction of sp³-hybridized carbons (Fsp3) is 0.179. The summed E-state index contributed by atoms with van der Waals surface area (Å²) in [6.07, 6.45) is 0. The molecule has 36 heavy (non-hydrogen) atoms. The van der Waals surface area contributed by atoms with Crippen LogP contribution in [0.15, 0.2) is 89.2 Å². The molecule has 0 fully saturated rings. The summed E-state index contributed by atoms with van der Waals surface area (Å²) < 4.78 is 41.4. The third-order valence-electron chi connectivity index (χ3n) is 6.29. The normalized spacial score (nSPS) is 18.1. The van der Waals surface area contributed by atoms with Crippen LogP contribution in [0, 0.1) is 18.3 Å². The molecule has 0 aromatic heterocycles. The van der Waals surface area contributed by atoms with E-state index in [0.717, 1.165) is 11.1 Å². The molecule has 3 aromatic carbocycles. The molecule has 0 unspecified atom stereocenters. The van der Waals surface area contributed by atoms with E-state index in [2.05, 4.69) is 6.07 Å². The summed E-state index contributed by atoms with van der Waals surface area (Å²) >= 11 is 0. The summed E-state index contributed by atoms with van der Waals surface area (Å²) in [5.41, 5.74) is 9.83. The molecule has 8 heteroatoms. The minimum Gasteiger partial charge on any atom is -0.494 e. The quantitative estimate of drug-likeness (QED) is 0.534. The molecule has 182 valence electrons. The van der Waals surface area contributed by atoms with Crippen molar-refractivity contribution in [3.63, 3.8) is 0 Å². The number of aryl methyl sites for hydroxylation is 1. The molecule has 0 bridgehead atoms. The zero-order valence-electron chi connectivity index (χ0n) is 19.9. The Morgan fingerprint density at radius 2 is 1.83 bits per heavy atom. The highest BCUT2D eigenvalue weighted by Crippen LogP contribution is 2.51. The van der Waals surface area contributed by atoms with Crippen LogP contribution in [0.3, 0.4) is 0 Å². The molecule has 0 saturated heterocycles. The van der Waals surface area contributed by atoms with Crippen LogP contribution in [-0.4, -0.2) is 15.0 Å². The van der Waals surface area contributed by atoms with Gasteiger partial charge >= 0.3 is 0 Å². The Balaban J connectivity index is 1.72. The molecule has 7 nitrogen and oxygen atoms in total. The Hall–Kier alpha value is -4.22. The van der Waals surface area contributed by atoms with Crippen LogP contribution in [0.25, 0.3) is 5.76 Å². The molecule has 2 aliphatic rings. The van der Waals surface area contributed by atoms with Gasteiger partial charge in [-0.1, -0.05) is 54.1 Å². The summed E-state index contributed by atoms with van der Waals surface area (Å²) in [5.74, 6) is -0.225. The minimum absolute atomic E-state index is 0.00348. The van der Waals surface area contributed by atoms with Gasteiger partial charge in [-0.2, -0.15) is 5.26 Å². The van der Waals surface area contributed by atoms with Crippen LogP contribution in [-0.2, 0) is 21.3 Å². The van der Waals surface area contributed by atoms with Crippen molar-refractivity contribution in [2.75, 3.05) is 10.9 Å². The predicted octanol–water partition coefficient (Wildman–Crippen LogP) is 4.92. The number of sulfonamides is 1. The zero-order valence-corrected chi connectivity index (χ0v) is 20.7. The SMILES string of the molecule is CCOc1ccc([C@@H]2C(C#N)=C(N)OC3=C2S(=O)(=O)N(Cc2cccc(C)c2)c2ccccc23)cc1. The van der Waals surface area contributed by atoms with Crippen molar-refractivity contribution in [3.8, 4) is 11.8 Å². The molecule has 3 aromatic rings. The number of ether oxygens (including phenoxy) is 2. The smallest absolute Gasteiger partial charge is 0.265 e. The van der Waals surface area contributed by atoms with Gasteiger partial charge in [0.15, 0.2) is 5.76 Å². The lowest BCUT2D eigenvalue weighted by atomic mass is 9.88. The van der Waals surface area contributed by atoms with Crippen LogP contribution in [0.5, 0.6) is 5.75 Å². The van der Waals surface area contributed by atoms with Crippen LogP contribution in [0.2, 0.25) is 0 Å². The molecule has 2 aliphatic heterocycles. The van der Waals surface area contributed by atoms with E-state index in [1.165, 1.54) is 4.31 Å². The van der Waals surface area contributed by atoms with Crippen molar-refractivity contribution in [2.24, 2.45) is 5.73 Å². The van der Waals surface area contributed by atoms with E-state index in [-0.39, 0.29) is 28.7 Å². The first-order valence-corrected chi connectivity index (χ1v) is 13.0. The van der Waals surface area contributed by atoms with Gasteiger partial charge in [-0.25, -0.2) is 8.42 Å². The predicted molar refractivity (Wildman–Crippen MR) is 138 cm³/mol. The number of para-hydroxylation sites is 1. The summed E-state index contributed by atoms with van der Waals surface area (Å²) in [6, 6.07) is 24.0. The molecule has 2 N–H and O–H groups in total. The average molecular weight is 500 g/mol. The number of rotatable bonds is 5. The van der Waals surface area contributed by atoms with Crippen LogP contribution in [0.4, 0.5) is 5.69 Å². The van der Waals surface area contributed by atoms with E-state index >= 15 is 0 Å². The monoisotopic (exact) mass is 499 g/mol. The Morgan fingerprint density at radius 1 is 1.08 bits per heavy atom. The standard InChI is InChI=1S/C28H25N3O4S/c1-3-34-21-13-11-20(12-14-21)25-23(16-29)28(30)35-26-22-9-4-5-10-24(22)31(36(32,33)27(25)26)17-19-8-6-7-18(2)15-19/h4-15,25H,3,17,30H2,1-2H3/t25-/m1/s1. The van der Waals surface area contributed by atoms with E-state index in [4.69, 9.17) is 15.2 Å². The molecule has 0 saturated carbocycles. The summed E-state index contributed by atoms with van der Waals surface area (Å²) in [4.78, 5) is 0.00348. The van der Waals surface area contributed by atoms with Gasteiger partial charge in [-0.15, -0.1) is 0 Å². The van der Waals surface area contributed by atoms with Crippen molar-refractivity contribution in [3.05, 3.63) is 111 Å². The van der Waals surface area contributed by atoms with Gasteiger partial charge in [0.2, 0.25) is 5.88 Å². The highest BCUT2D eigenvalue weighted by atomic mass is 32.2. The first kappa shape index (κ1) is 23.5. The Kier molecular flexibility index (Phi) is 5.94. The van der Waals surface area contributed by atoms with E-state index in [1.54, 1.807) is 36.4 Å². The van der Waals surface area contributed by atoms with Gasteiger partial charge in [0.1, 0.15) is 22.3 Å². The number of hydrogen-bond acceptors (Lipinski definition) is 6. The number of hydrogen-bond donors (Lipinski definition) is 1. The van der Waals surface area contributed by atoms with E-state index in [9.17, 15) is 13.7 Å². The second kappa shape index (κ2) is 9.10. The maximum Gasteiger partial charge on any atom is 0.265 e. The van der Waals surface area contributed by atoms with Crippen molar-refractivity contribution in [1.82, 2.24) is 0 Å². The summed E-state index contributed by atoms with van der Waals surface area (Å²) in [6.45, 7) is 4.48. The van der Waals surface area contributed by atoms with E-state index in [0.29, 0.717) is 29.2 Å². The molecular weight excluding hydrogens is 474 g/mol. The van der Waals surface area contributed by atoms with Crippen molar-refractivity contribution in [1.29, 1.82) is 5.26 Å². The van der Waals surface area contributed by atoms with Crippen LogP contribution < -0.4 is 14.8 Å². The third-order valence-corrected chi connectivity index (χ3v) is 8.17. The Bertz CT molecular complexity index is 1550. The van der Waals surface area contributed by atoms with Gasteiger partial charge in [-0.3, -0.25) is 4.31 Å². The van der Waals surface area contributed by atoms with Crippen molar-refractivity contribution < 1.29 is 17.9 Å². The maximum atomic E-state index is 14.3. The van der Waals surface area contributed by atoms with Gasteiger partial charge in [0, 0.05) is 5.56 Å². The zero-order chi connectivity index (χ0) is 25.4. The number of anilines is 1. The number of benzene rings is 3. The third kappa shape index (κ3) is 3.88. The molecular formula is C28H25N3O4S. The fourth-order valence-electron chi connectivity index (χ4n) is 4.71. The fourth-order valence-corrected chi connectivity index (χ4v) is 6.62. The van der Waals surface area contributed by atoms with E-state index in [1.807, 2.05) is 50.2 Å². The van der Waals surface area contributed by atoms with Gasteiger partial charge in [-0.05, 0) is 49.2 Å². The lowest BCUT2D eigenvalue weighted by molar-refractivity contribution is 0.340. The lowest BCUT2D eigenvalue weighted by Gasteiger charge is -2.38. The van der Waals surface area contributed by atoms with Crippen molar-refractivity contribution >= 4 is 21.5 Å². The van der Waals surface area contributed by atoms with Gasteiger partial charge < -0.3 is 15.2 Å². The molecule has 0 spiro atoms. The molecule has 0 amide bonds. The summed E-state index contributed by atoms with van der Waals surface area (Å²) in [7, 11) is -4.12. The molecule has 5 rings (SSSR count). The molecule has 0 aliphatic carbocycles. The molecule has 0 radical (unpaired) electrons. The second-order valence-corrected chi connectivity index (χ2v) is 10.5. The van der Waals surface area contributed by atoms with E-state index < -0.39 is 15.9 Å². The first-order valence-electron chi connectivity index (χ1n) is 11.6. The number of nitrogens with zero attached hydrogens (tertiary/aromatic N) is 2. The number of nitriles is 1. The van der Waals surface area contributed by atoms with Crippen LogP contribution in [0.1, 0.15) is 35.1 Å². The number of nitrogens with two attached hydrogens (primary N) is 1. The lowest BCUT2D eigenvalue weighted by Crippen LogP contribution is -2.39. The second-order valence-electron chi connectivity index (χ2n) is 8.64. The molecule has 2 heterocycles. The van der Waals surface area contributed by atoms with Crippen LogP contribution >= 0.6 is 0 Å². The number of fused-ring (bicyclic) bond motifs is 2. The Labute approximate surface area is 210 Å².